The lowest BCUT2D eigenvalue weighted by molar-refractivity contribution is -0.122. The van der Waals surface area contributed by atoms with Crippen molar-refractivity contribution in [2.45, 2.75) is 39.8 Å². The maximum atomic E-state index is 11.8. The quantitative estimate of drug-likeness (QED) is 0.739. The number of amides is 2. The monoisotopic (exact) mass is 277 g/mol. The molecular formula is C15H23N3O2. The lowest BCUT2D eigenvalue weighted by atomic mass is 10.0. The Bertz CT molecular complexity index is 472. The van der Waals surface area contributed by atoms with Gasteiger partial charge in [-0.25, -0.2) is 0 Å². The van der Waals surface area contributed by atoms with Crippen molar-refractivity contribution in [1.82, 2.24) is 5.32 Å². The molecule has 0 aromatic heterocycles. The van der Waals surface area contributed by atoms with Gasteiger partial charge in [-0.3, -0.25) is 9.59 Å². The van der Waals surface area contributed by atoms with Gasteiger partial charge in [0.05, 0.1) is 6.04 Å². The fourth-order valence-corrected chi connectivity index (χ4v) is 1.90. The highest BCUT2D eigenvalue weighted by Gasteiger charge is 2.14. The fraction of sp³-hybridized carbons (Fsp3) is 0.467. The van der Waals surface area contributed by atoms with Crippen LogP contribution in [0.25, 0.3) is 0 Å². The molecule has 0 radical (unpaired) electrons. The molecule has 0 saturated carbocycles. The average Bonchev–Trinajstić information content (AvgIpc) is 2.34. The maximum absolute atomic E-state index is 11.8. The Balaban J connectivity index is 2.52. The summed E-state index contributed by atoms with van der Waals surface area (Å²) in [5.41, 5.74) is 7.45. The van der Waals surface area contributed by atoms with Crippen molar-refractivity contribution < 1.29 is 9.59 Å². The molecule has 20 heavy (non-hydrogen) atoms. The van der Waals surface area contributed by atoms with Crippen LogP contribution in [0.4, 0.5) is 5.69 Å². The summed E-state index contributed by atoms with van der Waals surface area (Å²) in [4.78, 5) is 22.8. The van der Waals surface area contributed by atoms with Crippen LogP contribution < -0.4 is 16.4 Å². The van der Waals surface area contributed by atoms with E-state index < -0.39 is 6.04 Å². The van der Waals surface area contributed by atoms with E-state index in [1.54, 1.807) is 6.07 Å². The van der Waals surface area contributed by atoms with Gasteiger partial charge in [0.1, 0.15) is 0 Å². The molecular weight excluding hydrogens is 254 g/mol. The summed E-state index contributed by atoms with van der Waals surface area (Å²) in [7, 11) is 0. The van der Waals surface area contributed by atoms with Crippen molar-refractivity contribution >= 4 is 17.5 Å². The first-order chi connectivity index (χ1) is 9.38. The number of rotatable bonds is 6. The molecule has 5 nitrogen and oxygen atoms in total. The van der Waals surface area contributed by atoms with Crippen LogP contribution in [0.1, 0.15) is 32.8 Å². The zero-order valence-electron chi connectivity index (χ0n) is 12.3. The largest absolute Gasteiger partial charge is 0.351 e. The lowest BCUT2D eigenvalue weighted by Gasteiger charge is -2.14. The third-order valence-corrected chi connectivity index (χ3v) is 2.78. The molecule has 0 saturated heterocycles. The summed E-state index contributed by atoms with van der Waals surface area (Å²) in [6, 6.07) is 6.88. The Hall–Kier alpha value is -1.88. The minimum Gasteiger partial charge on any atom is -0.351 e. The Morgan fingerprint density at radius 3 is 2.60 bits per heavy atom. The number of nitrogens with one attached hydrogen (secondary N) is 2. The first kappa shape index (κ1) is 16.2. The Morgan fingerprint density at radius 1 is 1.30 bits per heavy atom. The van der Waals surface area contributed by atoms with Gasteiger partial charge < -0.3 is 16.4 Å². The minimum absolute atomic E-state index is 0.120. The fourth-order valence-electron chi connectivity index (χ4n) is 1.90. The van der Waals surface area contributed by atoms with E-state index in [1.165, 1.54) is 6.92 Å². The predicted octanol–water partition coefficient (Wildman–Crippen LogP) is 1.63. The van der Waals surface area contributed by atoms with Gasteiger partial charge in [0.25, 0.3) is 0 Å². The molecule has 110 valence electrons. The lowest BCUT2D eigenvalue weighted by Crippen LogP contribution is -2.41. The van der Waals surface area contributed by atoms with Crippen molar-refractivity contribution in [2.24, 2.45) is 11.7 Å². The van der Waals surface area contributed by atoms with Gasteiger partial charge in [-0.2, -0.15) is 0 Å². The van der Waals surface area contributed by atoms with Crippen molar-refractivity contribution in [3.05, 3.63) is 29.8 Å². The normalized spacial score (nSPS) is 12.1. The molecule has 1 aromatic rings. The first-order valence-corrected chi connectivity index (χ1v) is 6.78. The van der Waals surface area contributed by atoms with Crippen LogP contribution in [-0.4, -0.2) is 17.9 Å². The number of benzene rings is 1. The smallest absolute Gasteiger partial charge is 0.237 e. The second-order valence-corrected chi connectivity index (χ2v) is 5.34. The molecule has 0 aliphatic carbocycles. The highest BCUT2D eigenvalue weighted by molar-refractivity contribution is 5.88. The number of anilines is 1. The Labute approximate surface area is 119 Å². The molecule has 0 heterocycles. The van der Waals surface area contributed by atoms with Crippen LogP contribution in [0.5, 0.6) is 0 Å². The Kier molecular flexibility index (Phi) is 6.18. The van der Waals surface area contributed by atoms with Crippen molar-refractivity contribution in [1.29, 1.82) is 0 Å². The Morgan fingerprint density at radius 2 is 2.00 bits per heavy atom. The molecule has 1 atom stereocenters. The van der Waals surface area contributed by atoms with Gasteiger partial charge in [0, 0.05) is 19.2 Å². The van der Waals surface area contributed by atoms with Crippen LogP contribution in [-0.2, 0) is 16.1 Å². The summed E-state index contributed by atoms with van der Waals surface area (Å²) in [6.45, 7) is 5.92. The molecule has 2 amide bonds. The highest BCUT2D eigenvalue weighted by Crippen LogP contribution is 2.10. The summed E-state index contributed by atoms with van der Waals surface area (Å²) < 4.78 is 0. The summed E-state index contributed by atoms with van der Waals surface area (Å²) in [6.07, 6.45) is 0.664. The van der Waals surface area contributed by atoms with Gasteiger partial charge >= 0.3 is 0 Å². The zero-order chi connectivity index (χ0) is 15.1. The molecule has 1 aromatic carbocycles. The van der Waals surface area contributed by atoms with Crippen molar-refractivity contribution in [2.75, 3.05) is 5.32 Å². The summed E-state index contributed by atoms with van der Waals surface area (Å²) in [5.74, 6) is 0.118. The summed E-state index contributed by atoms with van der Waals surface area (Å²) >= 11 is 0. The first-order valence-electron chi connectivity index (χ1n) is 6.78. The van der Waals surface area contributed by atoms with E-state index >= 15 is 0 Å². The van der Waals surface area contributed by atoms with Gasteiger partial charge in [0.15, 0.2) is 0 Å². The number of carbonyl (C=O) groups excluding carboxylic acids is 2. The minimum atomic E-state index is -0.478. The summed E-state index contributed by atoms with van der Waals surface area (Å²) in [5, 5.41) is 5.51. The average molecular weight is 277 g/mol. The topological polar surface area (TPSA) is 84.2 Å². The number of hydrogen-bond donors (Lipinski definition) is 3. The predicted molar refractivity (Wildman–Crippen MR) is 80.0 cm³/mol. The van der Waals surface area contributed by atoms with Crippen LogP contribution in [0.15, 0.2) is 24.3 Å². The second-order valence-electron chi connectivity index (χ2n) is 5.34. The zero-order valence-corrected chi connectivity index (χ0v) is 12.3. The maximum Gasteiger partial charge on any atom is 0.237 e. The van der Waals surface area contributed by atoms with E-state index in [9.17, 15) is 9.59 Å². The van der Waals surface area contributed by atoms with E-state index in [2.05, 4.69) is 10.6 Å². The molecule has 0 fully saturated rings. The molecule has 0 aliphatic rings. The van der Waals surface area contributed by atoms with Gasteiger partial charge in [-0.05, 0) is 30.0 Å². The SMILES string of the molecule is CC(=O)Nc1cccc(CNC(=O)[C@@H](N)CC(C)C)c1. The van der Waals surface area contributed by atoms with E-state index in [1.807, 2.05) is 32.0 Å². The number of carbonyl (C=O) groups is 2. The molecule has 1 rings (SSSR count). The van der Waals surface area contributed by atoms with E-state index in [4.69, 9.17) is 5.73 Å². The van der Waals surface area contributed by atoms with Crippen LogP contribution in [0, 0.1) is 5.92 Å². The molecule has 0 aliphatic heterocycles. The standard InChI is InChI=1S/C15H23N3O2/c1-10(2)7-14(16)15(20)17-9-12-5-4-6-13(8-12)18-11(3)19/h4-6,8,10,14H,7,9,16H2,1-3H3,(H,17,20)(H,18,19)/t14-/m0/s1. The molecule has 4 N–H and O–H groups in total. The van der Waals surface area contributed by atoms with Crippen molar-refractivity contribution in [3.63, 3.8) is 0 Å². The van der Waals surface area contributed by atoms with Gasteiger partial charge in [-0.1, -0.05) is 26.0 Å². The molecule has 0 bridgehead atoms. The highest BCUT2D eigenvalue weighted by atomic mass is 16.2. The third-order valence-electron chi connectivity index (χ3n) is 2.78. The van der Waals surface area contributed by atoms with E-state index in [0.29, 0.717) is 18.9 Å². The van der Waals surface area contributed by atoms with E-state index in [-0.39, 0.29) is 11.8 Å². The van der Waals surface area contributed by atoms with E-state index in [0.717, 1.165) is 11.3 Å². The molecule has 5 heteroatoms. The van der Waals surface area contributed by atoms with Crippen molar-refractivity contribution in [3.8, 4) is 0 Å². The van der Waals surface area contributed by atoms with Crippen LogP contribution in [0.2, 0.25) is 0 Å². The van der Waals surface area contributed by atoms with Crippen LogP contribution >= 0.6 is 0 Å². The molecule has 0 unspecified atom stereocenters. The second kappa shape index (κ2) is 7.65. The van der Waals surface area contributed by atoms with Crippen LogP contribution in [0.3, 0.4) is 0 Å². The third kappa shape index (κ3) is 5.84. The molecule has 0 spiro atoms. The number of hydrogen-bond acceptors (Lipinski definition) is 3. The number of nitrogens with two attached hydrogens (primary N) is 1. The van der Waals surface area contributed by atoms with Gasteiger partial charge in [-0.15, -0.1) is 0 Å². The van der Waals surface area contributed by atoms with Gasteiger partial charge in [0.2, 0.25) is 11.8 Å².